The maximum Gasteiger partial charge on any atom is 0.410 e. The van der Waals surface area contributed by atoms with Crippen LogP contribution in [0.2, 0.25) is 0 Å². The quantitative estimate of drug-likeness (QED) is 0.474. The number of anilines is 1. The van der Waals surface area contributed by atoms with Gasteiger partial charge in [0, 0.05) is 30.8 Å². The van der Waals surface area contributed by atoms with E-state index in [1.807, 2.05) is 20.8 Å². The predicted octanol–water partition coefficient (Wildman–Crippen LogP) is 4.00. The summed E-state index contributed by atoms with van der Waals surface area (Å²) in [6.07, 6.45) is 4.01. The number of nitro benzene ring substituents is 1. The zero-order valence-corrected chi connectivity index (χ0v) is 16.6. The Kier molecular flexibility index (Phi) is 5.32. The SMILES string of the molecule is CC(C)(C)OC(=O)N1CCC2(CC1)CC(Nc1ccc(C=O)cc1[N+](=O)[O-])C2. The van der Waals surface area contributed by atoms with Crippen molar-refractivity contribution < 1.29 is 19.2 Å². The second-order valence-electron chi connectivity index (χ2n) is 8.87. The van der Waals surface area contributed by atoms with Crippen LogP contribution >= 0.6 is 0 Å². The largest absolute Gasteiger partial charge is 0.444 e. The molecule has 1 aliphatic heterocycles. The number of hydrogen-bond donors (Lipinski definition) is 1. The lowest BCUT2D eigenvalue weighted by molar-refractivity contribution is -0.384. The first-order valence-corrected chi connectivity index (χ1v) is 9.59. The summed E-state index contributed by atoms with van der Waals surface area (Å²) < 4.78 is 5.44. The van der Waals surface area contributed by atoms with Gasteiger partial charge in [-0.3, -0.25) is 14.9 Å². The van der Waals surface area contributed by atoms with Crippen LogP contribution in [0, 0.1) is 15.5 Å². The number of nitrogens with one attached hydrogen (secondary N) is 1. The molecule has 2 fully saturated rings. The highest BCUT2D eigenvalue weighted by molar-refractivity contribution is 5.79. The Bertz CT molecular complexity index is 771. The van der Waals surface area contributed by atoms with Gasteiger partial charge < -0.3 is 15.0 Å². The summed E-state index contributed by atoms with van der Waals surface area (Å²) in [4.78, 5) is 35.6. The number of aldehydes is 1. The summed E-state index contributed by atoms with van der Waals surface area (Å²) in [6.45, 7) is 6.93. The lowest BCUT2D eigenvalue weighted by Crippen LogP contribution is -2.53. The summed E-state index contributed by atoms with van der Waals surface area (Å²) in [6, 6.07) is 4.63. The van der Waals surface area contributed by atoms with Gasteiger partial charge in [-0.15, -0.1) is 0 Å². The van der Waals surface area contributed by atoms with E-state index >= 15 is 0 Å². The molecule has 1 saturated heterocycles. The zero-order valence-electron chi connectivity index (χ0n) is 16.6. The van der Waals surface area contributed by atoms with Gasteiger partial charge in [0.15, 0.2) is 0 Å². The summed E-state index contributed by atoms with van der Waals surface area (Å²) in [5, 5.41) is 14.5. The highest BCUT2D eigenvalue weighted by Gasteiger charge is 2.47. The van der Waals surface area contributed by atoms with Crippen molar-refractivity contribution in [3.8, 4) is 0 Å². The van der Waals surface area contributed by atoms with Crippen molar-refractivity contribution >= 4 is 23.8 Å². The van der Waals surface area contributed by atoms with Gasteiger partial charge in [-0.05, 0) is 64.0 Å². The van der Waals surface area contributed by atoms with Gasteiger partial charge in [0.05, 0.1) is 4.92 Å². The number of rotatable bonds is 4. The molecule has 1 spiro atoms. The van der Waals surface area contributed by atoms with Gasteiger partial charge in [0.1, 0.15) is 17.6 Å². The first-order valence-electron chi connectivity index (χ1n) is 9.59. The monoisotopic (exact) mass is 389 g/mol. The van der Waals surface area contributed by atoms with Crippen molar-refractivity contribution in [2.24, 2.45) is 5.41 Å². The number of amides is 1. The third-order valence-corrected chi connectivity index (χ3v) is 5.55. The molecule has 0 atom stereocenters. The van der Waals surface area contributed by atoms with Crippen LogP contribution < -0.4 is 5.32 Å². The number of hydrogen-bond acceptors (Lipinski definition) is 6. The Balaban J connectivity index is 1.54. The third kappa shape index (κ3) is 4.43. The minimum absolute atomic E-state index is 0.0784. The molecule has 1 aromatic rings. The number of piperidine rings is 1. The molecule has 8 nitrogen and oxygen atoms in total. The van der Waals surface area contributed by atoms with Crippen molar-refractivity contribution in [3.05, 3.63) is 33.9 Å². The van der Waals surface area contributed by atoms with E-state index in [-0.39, 0.29) is 28.8 Å². The number of likely N-dealkylation sites (tertiary alicyclic amines) is 1. The van der Waals surface area contributed by atoms with Crippen LogP contribution in [0.5, 0.6) is 0 Å². The fourth-order valence-corrected chi connectivity index (χ4v) is 4.10. The van der Waals surface area contributed by atoms with Crippen LogP contribution in [0.25, 0.3) is 0 Å². The van der Waals surface area contributed by atoms with Gasteiger partial charge >= 0.3 is 6.09 Å². The van der Waals surface area contributed by atoms with E-state index in [9.17, 15) is 19.7 Å². The summed E-state index contributed by atoms with van der Waals surface area (Å²) in [5.74, 6) is 0. The molecule has 0 bridgehead atoms. The highest BCUT2D eigenvalue weighted by Crippen LogP contribution is 2.50. The smallest absolute Gasteiger partial charge is 0.410 e. The average molecular weight is 389 g/mol. The van der Waals surface area contributed by atoms with Crippen LogP contribution in [0.4, 0.5) is 16.2 Å². The van der Waals surface area contributed by atoms with E-state index in [1.54, 1.807) is 17.0 Å². The van der Waals surface area contributed by atoms with Gasteiger partial charge in [-0.25, -0.2) is 4.79 Å². The lowest BCUT2D eigenvalue weighted by atomic mass is 9.60. The Hall–Kier alpha value is -2.64. The molecule has 0 aromatic heterocycles. The highest BCUT2D eigenvalue weighted by atomic mass is 16.6. The molecular formula is C20H27N3O5. The molecule has 8 heteroatoms. The number of ether oxygens (including phenoxy) is 1. The van der Waals surface area contributed by atoms with Gasteiger partial charge in [0.2, 0.25) is 0 Å². The van der Waals surface area contributed by atoms with Crippen LogP contribution in [-0.4, -0.2) is 46.9 Å². The van der Waals surface area contributed by atoms with Crippen LogP contribution in [0.1, 0.15) is 56.8 Å². The average Bonchev–Trinajstić information content (AvgIpc) is 2.59. The minimum atomic E-state index is -0.494. The number of benzene rings is 1. The zero-order chi connectivity index (χ0) is 20.5. The van der Waals surface area contributed by atoms with Crippen LogP contribution in [0.15, 0.2) is 18.2 Å². The Labute approximate surface area is 164 Å². The van der Waals surface area contributed by atoms with E-state index < -0.39 is 10.5 Å². The van der Waals surface area contributed by atoms with Crippen molar-refractivity contribution in [3.63, 3.8) is 0 Å². The predicted molar refractivity (Wildman–Crippen MR) is 105 cm³/mol. The van der Waals surface area contributed by atoms with E-state index in [1.165, 1.54) is 6.07 Å². The maximum absolute atomic E-state index is 12.2. The van der Waals surface area contributed by atoms with Crippen LogP contribution in [-0.2, 0) is 4.74 Å². The Morgan fingerprint density at radius 2 is 1.96 bits per heavy atom. The van der Waals surface area contributed by atoms with Crippen molar-refractivity contribution in [1.29, 1.82) is 0 Å². The summed E-state index contributed by atoms with van der Waals surface area (Å²) >= 11 is 0. The first-order chi connectivity index (χ1) is 13.1. The van der Waals surface area contributed by atoms with E-state index in [0.717, 1.165) is 25.7 Å². The molecule has 0 radical (unpaired) electrons. The molecule has 1 amide bonds. The number of nitro groups is 1. The summed E-state index contributed by atoms with van der Waals surface area (Å²) in [7, 11) is 0. The molecule has 2 aliphatic rings. The Morgan fingerprint density at radius 1 is 1.32 bits per heavy atom. The summed E-state index contributed by atoms with van der Waals surface area (Å²) in [5.41, 5.74) is 0.350. The normalized spacial score (nSPS) is 19.0. The molecule has 3 rings (SSSR count). The second-order valence-corrected chi connectivity index (χ2v) is 8.87. The van der Waals surface area contributed by atoms with E-state index in [0.29, 0.717) is 25.1 Å². The number of nitrogens with zero attached hydrogens (tertiary/aromatic N) is 2. The van der Waals surface area contributed by atoms with Gasteiger partial charge in [-0.1, -0.05) is 0 Å². The van der Waals surface area contributed by atoms with E-state index in [2.05, 4.69) is 5.32 Å². The number of carbonyl (C=O) groups excluding carboxylic acids is 2. The van der Waals surface area contributed by atoms with Crippen molar-refractivity contribution in [1.82, 2.24) is 4.90 Å². The van der Waals surface area contributed by atoms with Crippen LogP contribution in [0.3, 0.4) is 0 Å². The molecule has 1 aliphatic carbocycles. The first kappa shape index (κ1) is 20.1. The van der Waals surface area contributed by atoms with Crippen molar-refractivity contribution in [2.75, 3.05) is 18.4 Å². The van der Waals surface area contributed by atoms with E-state index in [4.69, 9.17) is 4.74 Å². The second kappa shape index (κ2) is 7.41. The molecule has 1 heterocycles. The van der Waals surface area contributed by atoms with Gasteiger partial charge in [-0.2, -0.15) is 0 Å². The molecule has 1 N–H and O–H groups in total. The lowest BCUT2D eigenvalue weighted by Gasteiger charge is -2.52. The molecular weight excluding hydrogens is 362 g/mol. The Morgan fingerprint density at radius 3 is 2.50 bits per heavy atom. The fourth-order valence-electron chi connectivity index (χ4n) is 4.10. The molecule has 1 saturated carbocycles. The maximum atomic E-state index is 12.2. The topological polar surface area (TPSA) is 102 Å². The third-order valence-electron chi connectivity index (χ3n) is 5.55. The standard InChI is InChI=1S/C20H27N3O5/c1-19(2,3)28-18(25)22-8-6-20(7-9-22)11-15(12-20)21-16-5-4-14(13-24)10-17(16)23(26)27/h4-5,10,13,15,21H,6-9,11-12H2,1-3H3. The van der Waals surface area contributed by atoms with Crippen molar-refractivity contribution in [2.45, 2.75) is 58.1 Å². The van der Waals surface area contributed by atoms with Gasteiger partial charge in [0.25, 0.3) is 5.69 Å². The fraction of sp³-hybridized carbons (Fsp3) is 0.600. The molecule has 28 heavy (non-hydrogen) atoms. The molecule has 152 valence electrons. The molecule has 1 aromatic carbocycles. The minimum Gasteiger partial charge on any atom is -0.444 e. The number of carbonyl (C=O) groups is 2. The molecule has 0 unspecified atom stereocenters.